The zero-order chi connectivity index (χ0) is 12.5. The van der Waals surface area contributed by atoms with Gasteiger partial charge in [0.2, 0.25) is 0 Å². The van der Waals surface area contributed by atoms with E-state index in [9.17, 15) is 0 Å². The second kappa shape index (κ2) is 8.91. The first kappa shape index (κ1) is 14.9. The molecule has 1 aliphatic carbocycles. The van der Waals surface area contributed by atoms with E-state index in [1.165, 1.54) is 57.8 Å². The zero-order valence-corrected chi connectivity index (χ0v) is 12.2. The number of rotatable bonds is 4. The van der Waals surface area contributed by atoms with Gasteiger partial charge in [0, 0.05) is 11.7 Å². The largest absolute Gasteiger partial charge is 0.495 e. The molecule has 100 valence electrons. The van der Waals surface area contributed by atoms with Crippen LogP contribution in [0.2, 0.25) is 0 Å². The summed E-state index contributed by atoms with van der Waals surface area (Å²) in [5.74, 6) is 0.926. The van der Waals surface area contributed by atoms with Crippen LogP contribution in [0.5, 0.6) is 0 Å². The van der Waals surface area contributed by atoms with Crippen molar-refractivity contribution in [1.82, 2.24) is 0 Å². The van der Waals surface area contributed by atoms with Crippen LogP contribution in [0.4, 0.5) is 0 Å². The van der Waals surface area contributed by atoms with Crippen LogP contribution in [0.3, 0.4) is 0 Å². The van der Waals surface area contributed by atoms with Crippen molar-refractivity contribution in [2.45, 2.75) is 82.5 Å². The van der Waals surface area contributed by atoms with Crippen molar-refractivity contribution >= 4 is 12.6 Å². The standard InChI is InChI=1S/C15H28OS/c1-13(12-14(2)17)16-15-10-8-6-4-3-5-7-9-11-15/h14-15,17H,1,3-12H2,2H3. The van der Waals surface area contributed by atoms with Gasteiger partial charge in [-0.3, -0.25) is 0 Å². The molecule has 2 heteroatoms. The molecule has 0 aromatic heterocycles. The molecule has 0 heterocycles. The van der Waals surface area contributed by atoms with E-state index in [2.05, 4.69) is 26.1 Å². The fourth-order valence-electron chi connectivity index (χ4n) is 2.50. The highest BCUT2D eigenvalue weighted by atomic mass is 32.1. The van der Waals surface area contributed by atoms with Gasteiger partial charge >= 0.3 is 0 Å². The third kappa shape index (κ3) is 7.75. The van der Waals surface area contributed by atoms with Gasteiger partial charge in [-0.1, -0.05) is 45.6 Å². The molecule has 1 aliphatic rings. The van der Waals surface area contributed by atoms with Crippen LogP contribution in [-0.2, 0) is 4.74 Å². The van der Waals surface area contributed by atoms with Crippen LogP contribution < -0.4 is 0 Å². The molecule has 1 nitrogen and oxygen atoms in total. The van der Waals surface area contributed by atoms with Crippen molar-refractivity contribution in [2.24, 2.45) is 0 Å². The Kier molecular flexibility index (Phi) is 7.83. The number of hydrogen-bond acceptors (Lipinski definition) is 2. The van der Waals surface area contributed by atoms with E-state index in [1.54, 1.807) is 0 Å². The molecule has 0 aliphatic heterocycles. The number of allylic oxidation sites excluding steroid dienone is 1. The number of thiol groups is 1. The van der Waals surface area contributed by atoms with Crippen LogP contribution in [-0.4, -0.2) is 11.4 Å². The smallest absolute Gasteiger partial charge is 0.0982 e. The van der Waals surface area contributed by atoms with Crippen molar-refractivity contribution in [2.75, 3.05) is 0 Å². The maximum atomic E-state index is 5.99. The lowest BCUT2D eigenvalue weighted by molar-refractivity contribution is 0.0895. The minimum absolute atomic E-state index is 0.349. The van der Waals surface area contributed by atoms with E-state index in [1.807, 2.05) is 0 Å². The summed E-state index contributed by atoms with van der Waals surface area (Å²) in [6.45, 7) is 6.10. The van der Waals surface area contributed by atoms with Crippen LogP contribution in [0.15, 0.2) is 12.3 Å². The molecule has 17 heavy (non-hydrogen) atoms. The normalized spacial score (nSPS) is 21.8. The fraction of sp³-hybridized carbons (Fsp3) is 0.867. The van der Waals surface area contributed by atoms with Gasteiger partial charge in [-0.15, -0.1) is 0 Å². The van der Waals surface area contributed by atoms with E-state index in [0.29, 0.717) is 11.4 Å². The Labute approximate surface area is 112 Å². The molecule has 1 saturated carbocycles. The monoisotopic (exact) mass is 256 g/mol. The molecule has 1 rings (SSSR count). The first-order chi connectivity index (χ1) is 8.18. The van der Waals surface area contributed by atoms with Gasteiger partial charge in [-0.05, 0) is 25.7 Å². The highest BCUT2D eigenvalue weighted by Gasteiger charge is 2.12. The lowest BCUT2D eigenvalue weighted by atomic mass is 9.99. The summed E-state index contributed by atoms with van der Waals surface area (Å²) in [6, 6.07) is 0. The minimum atomic E-state index is 0.349. The first-order valence-corrected chi connectivity index (χ1v) is 7.72. The molecule has 0 aromatic rings. The highest BCUT2D eigenvalue weighted by Crippen LogP contribution is 2.22. The molecule has 0 amide bonds. The summed E-state index contributed by atoms with van der Waals surface area (Å²) in [5, 5.41) is 0.349. The Balaban J connectivity index is 2.29. The Bertz CT molecular complexity index is 203. The van der Waals surface area contributed by atoms with Gasteiger partial charge in [0.1, 0.15) is 0 Å². The molecule has 0 spiro atoms. The quantitative estimate of drug-likeness (QED) is 0.542. The third-order valence-electron chi connectivity index (χ3n) is 3.41. The maximum absolute atomic E-state index is 5.99. The maximum Gasteiger partial charge on any atom is 0.0982 e. The van der Waals surface area contributed by atoms with Crippen LogP contribution >= 0.6 is 12.6 Å². The fourth-order valence-corrected chi connectivity index (χ4v) is 2.71. The molecule has 0 radical (unpaired) electrons. The van der Waals surface area contributed by atoms with Gasteiger partial charge in [0.05, 0.1) is 11.9 Å². The third-order valence-corrected chi connectivity index (χ3v) is 3.59. The summed E-state index contributed by atoms with van der Waals surface area (Å²) in [6.07, 6.45) is 13.3. The van der Waals surface area contributed by atoms with Crippen molar-refractivity contribution < 1.29 is 4.74 Å². The summed E-state index contributed by atoms with van der Waals surface area (Å²) < 4.78 is 5.99. The van der Waals surface area contributed by atoms with Crippen molar-refractivity contribution in [3.63, 3.8) is 0 Å². The van der Waals surface area contributed by atoms with Crippen LogP contribution in [0, 0.1) is 0 Å². The van der Waals surface area contributed by atoms with E-state index in [0.717, 1.165) is 12.2 Å². The molecule has 0 bridgehead atoms. The molecule has 0 aromatic carbocycles. The van der Waals surface area contributed by atoms with Gasteiger partial charge in [0.15, 0.2) is 0 Å². The number of hydrogen-bond donors (Lipinski definition) is 1. The van der Waals surface area contributed by atoms with Gasteiger partial charge in [-0.25, -0.2) is 0 Å². The van der Waals surface area contributed by atoms with Gasteiger partial charge in [-0.2, -0.15) is 12.6 Å². The first-order valence-electron chi connectivity index (χ1n) is 7.21. The predicted octanol–water partition coefficient (Wildman–Crippen LogP) is 5.12. The molecule has 1 atom stereocenters. The Hall–Kier alpha value is -0.110. The van der Waals surface area contributed by atoms with E-state index >= 15 is 0 Å². The zero-order valence-electron chi connectivity index (χ0n) is 11.3. The molecular weight excluding hydrogens is 228 g/mol. The summed E-state index contributed by atoms with van der Waals surface area (Å²) in [5.41, 5.74) is 0. The lowest BCUT2D eigenvalue weighted by Gasteiger charge is -2.22. The van der Waals surface area contributed by atoms with Crippen molar-refractivity contribution in [1.29, 1.82) is 0 Å². The Morgan fingerprint density at radius 3 is 2.06 bits per heavy atom. The summed E-state index contributed by atoms with van der Waals surface area (Å²) in [7, 11) is 0. The summed E-state index contributed by atoms with van der Waals surface area (Å²) in [4.78, 5) is 0. The molecule has 1 fully saturated rings. The Morgan fingerprint density at radius 1 is 1.12 bits per heavy atom. The Morgan fingerprint density at radius 2 is 1.59 bits per heavy atom. The van der Waals surface area contributed by atoms with E-state index in [4.69, 9.17) is 4.74 Å². The highest BCUT2D eigenvalue weighted by molar-refractivity contribution is 7.80. The topological polar surface area (TPSA) is 9.23 Å². The summed E-state index contributed by atoms with van der Waals surface area (Å²) >= 11 is 4.38. The molecule has 0 saturated heterocycles. The van der Waals surface area contributed by atoms with Gasteiger partial charge in [0.25, 0.3) is 0 Å². The SMILES string of the molecule is C=C(CC(C)S)OC1CCCCCCCCC1. The average Bonchev–Trinajstić information content (AvgIpc) is 2.26. The molecule has 0 N–H and O–H groups in total. The molecule has 1 unspecified atom stereocenters. The number of ether oxygens (including phenoxy) is 1. The minimum Gasteiger partial charge on any atom is -0.495 e. The van der Waals surface area contributed by atoms with E-state index in [-0.39, 0.29) is 0 Å². The van der Waals surface area contributed by atoms with Crippen LogP contribution in [0.1, 0.15) is 71.1 Å². The van der Waals surface area contributed by atoms with Crippen molar-refractivity contribution in [3.8, 4) is 0 Å². The van der Waals surface area contributed by atoms with Gasteiger partial charge < -0.3 is 4.74 Å². The van der Waals surface area contributed by atoms with Crippen molar-refractivity contribution in [3.05, 3.63) is 12.3 Å². The molecular formula is C15H28OS. The lowest BCUT2D eigenvalue weighted by Crippen LogP contribution is -2.14. The predicted molar refractivity (Wildman–Crippen MR) is 78.6 cm³/mol. The van der Waals surface area contributed by atoms with E-state index < -0.39 is 0 Å². The second-order valence-corrected chi connectivity index (χ2v) is 6.27. The van der Waals surface area contributed by atoms with Crippen LogP contribution in [0.25, 0.3) is 0 Å². The average molecular weight is 256 g/mol. The second-order valence-electron chi connectivity index (χ2n) is 5.38.